The number of carbonyl (C=O) groups excluding carboxylic acids is 2. The molecular weight excluding hydrogens is 260 g/mol. The standard InChI is InChI=1S/C13H22N4O3/c1-5-8(2)12(14)13(19)17(4)7-11(18)15-10-6-9(3)20-16-10/h6,8,12H,5,7,14H2,1-4H3,(H,15,16,18). The molecule has 0 aromatic carbocycles. The number of nitrogens with one attached hydrogen (secondary N) is 1. The number of aryl methyl sites for hydroxylation is 1. The van der Waals surface area contributed by atoms with Crippen molar-refractivity contribution in [1.82, 2.24) is 10.1 Å². The molecule has 2 amide bonds. The molecule has 0 bridgehead atoms. The summed E-state index contributed by atoms with van der Waals surface area (Å²) in [6.45, 7) is 5.53. The molecule has 112 valence electrons. The predicted octanol–water partition coefficient (Wildman–Crippen LogP) is 0.753. The summed E-state index contributed by atoms with van der Waals surface area (Å²) in [5.74, 6) is 0.422. The maximum Gasteiger partial charge on any atom is 0.245 e. The third-order valence-electron chi connectivity index (χ3n) is 3.19. The average molecular weight is 282 g/mol. The first-order valence-electron chi connectivity index (χ1n) is 6.58. The highest BCUT2D eigenvalue weighted by molar-refractivity contribution is 5.94. The maximum absolute atomic E-state index is 12.0. The fourth-order valence-electron chi connectivity index (χ4n) is 1.65. The van der Waals surface area contributed by atoms with Gasteiger partial charge in [-0.25, -0.2) is 0 Å². The van der Waals surface area contributed by atoms with Gasteiger partial charge in [0.1, 0.15) is 5.76 Å². The second-order valence-electron chi connectivity index (χ2n) is 4.98. The number of hydrogen-bond acceptors (Lipinski definition) is 5. The molecule has 0 fully saturated rings. The van der Waals surface area contributed by atoms with Crippen LogP contribution in [-0.4, -0.2) is 41.5 Å². The van der Waals surface area contributed by atoms with E-state index in [4.69, 9.17) is 10.3 Å². The van der Waals surface area contributed by atoms with Crippen molar-refractivity contribution >= 4 is 17.6 Å². The van der Waals surface area contributed by atoms with Gasteiger partial charge in [-0.3, -0.25) is 9.59 Å². The third-order valence-corrected chi connectivity index (χ3v) is 3.19. The Morgan fingerprint density at radius 3 is 2.70 bits per heavy atom. The molecule has 7 heteroatoms. The number of hydrogen-bond donors (Lipinski definition) is 2. The van der Waals surface area contributed by atoms with E-state index in [9.17, 15) is 9.59 Å². The molecule has 0 aliphatic heterocycles. The highest BCUT2D eigenvalue weighted by Crippen LogP contribution is 2.09. The number of anilines is 1. The Hall–Kier alpha value is -1.89. The molecule has 0 aliphatic rings. The Bertz CT molecular complexity index is 472. The molecule has 0 spiro atoms. The Labute approximate surface area is 118 Å². The molecule has 1 aromatic heterocycles. The summed E-state index contributed by atoms with van der Waals surface area (Å²) in [6, 6.07) is 1.01. The van der Waals surface area contributed by atoms with Crippen LogP contribution in [0.25, 0.3) is 0 Å². The lowest BCUT2D eigenvalue weighted by molar-refractivity contribution is -0.135. The summed E-state index contributed by atoms with van der Waals surface area (Å²) in [5.41, 5.74) is 5.85. The Kier molecular flexibility index (Phi) is 5.69. The fourth-order valence-corrected chi connectivity index (χ4v) is 1.65. The second-order valence-corrected chi connectivity index (χ2v) is 4.98. The maximum atomic E-state index is 12.0. The highest BCUT2D eigenvalue weighted by Gasteiger charge is 2.24. The Morgan fingerprint density at radius 1 is 1.55 bits per heavy atom. The van der Waals surface area contributed by atoms with Crippen molar-refractivity contribution in [2.45, 2.75) is 33.2 Å². The van der Waals surface area contributed by atoms with E-state index >= 15 is 0 Å². The van der Waals surface area contributed by atoms with Crippen molar-refractivity contribution in [3.63, 3.8) is 0 Å². The molecule has 7 nitrogen and oxygen atoms in total. The van der Waals surface area contributed by atoms with Gasteiger partial charge in [0, 0.05) is 13.1 Å². The number of aromatic nitrogens is 1. The van der Waals surface area contributed by atoms with Crippen molar-refractivity contribution in [3.05, 3.63) is 11.8 Å². The minimum atomic E-state index is -0.591. The smallest absolute Gasteiger partial charge is 0.245 e. The van der Waals surface area contributed by atoms with Crippen molar-refractivity contribution in [1.29, 1.82) is 0 Å². The van der Waals surface area contributed by atoms with Crippen LogP contribution in [-0.2, 0) is 9.59 Å². The SMILES string of the molecule is CCC(C)C(N)C(=O)N(C)CC(=O)Nc1cc(C)on1. The van der Waals surface area contributed by atoms with Crippen LogP contribution >= 0.6 is 0 Å². The van der Waals surface area contributed by atoms with Gasteiger partial charge in [-0.15, -0.1) is 0 Å². The van der Waals surface area contributed by atoms with Crippen molar-refractivity contribution in [2.24, 2.45) is 11.7 Å². The first-order valence-corrected chi connectivity index (χ1v) is 6.58. The molecule has 2 unspecified atom stereocenters. The van der Waals surface area contributed by atoms with E-state index in [1.54, 1.807) is 20.0 Å². The quantitative estimate of drug-likeness (QED) is 0.801. The zero-order chi connectivity index (χ0) is 15.3. The lowest BCUT2D eigenvalue weighted by atomic mass is 9.99. The molecule has 0 saturated carbocycles. The van der Waals surface area contributed by atoms with E-state index in [1.165, 1.54) is 4.90 Å². The molecule has 0 saturated heterocycles. The van der Waals surface area contributed by atoms with Gasteiger partial charge in [0.25, 0.3) is 0 Å². The summed E-state index contributed by atoms with van der Waals surface area (Å²) in [7, 11) is 1.55. The van der Waals surface area contributed by atoms with Gasteiger partial charge in [-0.05, 0) is 12.8 Å². The van der Waals surface area contributed by atoms with Gasteiger partial charge in [0.05, 0.1) is 12.6 Å². The number of nitrogens with zero attached hydrogens (tertiary/aromatic N) is 2. The lowest BCUT2D eigenvalue weighted by Gasteiger charge is -2.23. The van der Waals surface area contributed by atoms with Gasteiger partial charge in [-0.1, -0.05) is 25.4 Å². The van der Waals surface area contributed by atoms with E-state index in [2.05, 4.69) is 10.5 Å². The molecule has 0 radical (unpaired) electrons. The van der Waals surface area contributed by atoms with Crippen LogP contribution in [0.4, 0.5) is 5.82 Å². The van der Waals surface area contributed by atoms with Crippen LogP contribution in [0.5, 0.6) is 0 Å². The molecule has 0 aliphatic carbocycles. The van der Waals surface area contributed by atoms with Crippen LogP contribution in [0.2, 0.25) is 0 Å². The number of carbonyl (C=O) groups is 2. The zero-order valence-electron chi connectivity index (χ0n) is 12.3. The second kappa shape index (κ2) is 7.04. The van der Waals surface area contributed by atoms with E-state index in [1.807, 2.05) is 13.8 Å². The molecule has 20 heavy (non-hydrogen) atoms. The van der Waals surface area contributed by atoms with Crippen LogP contribution < -0.4 is 11.1 Å². The van der Waals surface area contributed by atoms with Gasteiger partial charge in [-0.2, -0.15) is 0 Å². The molecule has 1 aromatic rings. The van der Waals surface area contributed by atoms with Crippen LogP contribution in [0.15, 0.2) is 10.6 Å². The minimum absolute atomic E-state index is 0.0745. The van der Waals surface area contributed by atoms with Gasteiger partial charge in [0.15, 0.2) is 5.82 Å². The van der Waals surface area contributed by atoms with E-state index in [0.717, 1.165) is 6.42 Å². The van der Waals surface area contributed by atoms with Gasteiger partial charge in [0.2, 0.25) is 11.8 Å². The topological polar surface area (TPSA) is 101 Å². The van der Waals surface area contributed by atoms with Gasteiger partial charge < -0.3 is 20.5 Å². The molecule has 2 atom stereocenters. The average Bonchev–Trinajstić information content (AvgIpc) is 2.80. The molecule has 1 rings (SSSR count). The number of amides is 2. The van der Waals surface area contributed by atoms with Crippen LogP contribution in [0.1, 0.15) is 26.0 Å². The summed E-state index contributed by atoms with van der Waals surface area (Å²) in [5, 5.41) is 6.20. The zero-order valence-corrected chi connectivity index (χ0v) is 12.3. The van der Waals surface area contributed by atoms with Gasteiger partial charge >= 0.3 is 0 Å². The first-order chi connectivity index (χ1) is 9.35. The summed E-state index contributed by atoms with van der Waals surface area (Å²) < 4.78 is 4.84. The predicted molar refractivity (Wildman–Crippen MR) is 74.9 cm³/mol. The van der Waals surface area contributed by atoms with Crippen LogP contribution in [0, 0.1) is 12.8 Å². The largest absolute Gasteiger partial charge is 0.360 e. The normalized spacial score (nSPS) is 13.7. The lowest BCUT2D eigenvalue weighted by Crippen LogP contribution is -2.47. The van der Waals surface area contributed by atoms with Crippen molar-refractivity contribution in [2.75, 3.05) is 18.9 Å². The number of rotatable bonds is 6. The van der Waals surface area contributed by atoms with E-state index < -0.39 is 6.04 Å². The van der Waals surface area contributed by atoms with Crippen molar-refractivity contribution in [3.8, 4) is 0 Å². The Balaban J connectivity index is 2.50. The molecular formula is C13H22N4O3. The summed E-state index contributed by atoms with van der Waals surface area (Å²) >= 11 is 0. The molecule has 3 N–H and O–H groups in total. The van der Waals surface area contributed by atoms with E-state index in [-0.39, 0.29) is 24.3 Å². The monoisotopic (exact) mass is 282 g/mol. The first kappa shape index (κ1) is 16.2. The Morgan fingerprint density at radius 2 is 2.20 bits per heavy atom. The third kappa shape index (κ3) is 4.34. The summed E-state index contributed by atoms with van der Waals surface area (Å²) in [4.78, 5) is 25.1. The highest BCUT2D eigenvalue weighted by atomic mass is 16.5. The number of likely N-dealkylation sites (N-methyl/N-ethyl adjacent to an activating group) is 1. The molecule has 1 heterocycles. The van der Waals surface area contributed by atoms with Crippen LogP contribution in [0.3, 0.4) is 0 Å². The summed E-state index contributed by atoms with van der Waals surface area (Å²) in [6.07, 6.45) is 0.811. The minimum Gasteiger partial charge on any atom is -0.360 e. The fraction of sp³-hybridized carbons (Fsp3) is 0.615. The van der Waals surface area contributed by atoms with E-state index in [0.29, 0.717) is 11.6 Å². The number of nitrogens with two attached hydrogens (primary N) is 1. The van der Waals surface area contributed by atoms with Crippen molar-refractivity contribution < 1.29 is 14.1 Å².